The Morgan fingerprint density at radius 1 is 0.950 bits per heavy atom. The molecule has 2 N–H and O–H groups in total. The summed E-state index contributed by atoms with van der Waals surface area (Å²) in [7, 11) is -4.14. The number of hydrogen-bond acceptors (Lipinski definition) is 6. The van der Waals surface area contributed by atoms with E-state index >= 15 is 0 Å². The van der Waals surface area contributed by atoms with Gasteiger partial charge in [-0.2, -0.15) is 11.8 Å². The standard InChI is InChI=1S/C30H32N4O4S2/c1-21(19-39-3)28-29(22(2)35)34(20-32-28)18-24-13-15-25(16-14-24)26-11-7-8-12-27(26)40(37,38)33-30(36)31-17-23-9-5-4-6-10-23/h4-16,20-21H,17-19H2,1-3H3,(H2,31,33,36). The Labute approximate surface area is 239 Å². The molecule has 0 saturated heterocycles. The lowest BCUT2D eigenvalue weighted by Gasteiger charge is -2.14. The number of rotatable bonds is 11. The van der Waals surface area contributed by atoms with Crippen LogP contribution in [0.3, 0.4) is 0 Å². The lowest BCUT2D eigenvalue weighted by atomic mass is 10.0. The molecule has 4 rings (SSSR count). The number of carbonyl (C=O) groups is 2. The predicted molar refractivity (Wildman–Crippen MR) is 159 cm³/mol. The number of Topliss-reactive ketones (excluding diaryl/α,β-unsaturated/α-hetero) is 1. The van der Waals surface area contributed by atoms with E-state index in [0.717, 1.165) is 22.6 Å². The fourth-order valence-corrected chi connectivity index (χ4v) is 6.32. The van der Waals surface area contributed by atoms with Crippen molar-refractivity contribution in [1.29, 1.82) is 0 Å². The molecule has 1 atom stereocenters. The topological polar surface area (TPSA) is 110 Å². The van der Waals surface area contributed by atoms with Crippen LogP contribution in [-0.2, 0) is 23.1 Å². The van der Waals surface area contributed by atoms with Gasteiger partial charge in [-0.15, -0.1) is 0 Å². The molecule has 0 aliphatic rings. The Hall–Kier alpha value is -3.89. The van der Waals surface area contributed by atoms with E-state index in [1.54, 1.807) is 43.2 Å². The van der Waals surface area contributed by atoms with Crippen molar-refractivity contribution in [3.8, 4) is 11.1 Å². The monoisotopic (exact) mass is 576 g/mol. The Morgan fingerprint density at radius 2 is 1.62 bits per heavy atom. The highest BCUT2D eigenvalue weighted by Gasteiger charge is 2.22. The molecule has 8 nitrogen and oxygen atoms in total. The molecule has 0 fully saturated rings. The van der Waals surface area contributed by atoms with Gasteiger partial charge in [0.15, 0.2) is 5.78 Å². The summed E-state index contributed by atoms with van der Waals surface area (Å²) >= 11 is 1.71. The van der Waals surface area contributed by atoms with E-state index in [0.29, 0.717) is 23.4 Å². The number of sulfonamides is 1. The highest BCUT2D eigenvalue weighted by Crippen LogP contribution is 2.28. The second-order valence-corrected chi connectivity index (χ2v) is 12.0. The van der Waals surface area contributed by atoms with Gasteiger partial charge in [-0.3, -0.25) is 4.79 Å². The minimum atomic E-state index is -4.14. The van der Waals surface area contributed by atoms with Gasteiger partial charge in [0.1, 0.15) is 5.69 Å². The van der Waals surface area contributed by atoms with Gasteiger partial charge in [-0.1, -0.05) is 79.7 Å². The van der Waals surface area contributed by atoms with Crippen LogP contribution in [0.15, 0.2) is 90.1 Å². The van der Waals surface area contributed by atoms with Gasteiger partial charge in [-0.05, 0) is 29.0 Å². The second kappa shape index (κ2) is 13.0. The third-order valence-electron chi connectivity index (χ3n) is 6.40. The average Bonchev–Trinajstić information content (AvgIpc) is 3.37. The first-order valence-corrected chi connectivity index (χ1v) is 15.6. The highest BCUT2D eigenvalue weighted by atomic mass is 32.2. The maximum atomic E-state index is 13.1. The van der Waals surface area contributed by atoms with Gasteiger partial charge >= 0.3 is 6.03 Å². The van der Waals surface area contributed by atoms with Gasteiger partial charge in [0.25, 0.3) is 10.0 Å². The second-order valence-electron chi connectivity index (χ2n) is 9.49. The van der Waals surface area contributed by atoms with Crippen LogP contribution < -0.4 is 10.0 Å². The van der Waals surface area contributed by atoms with Crippen molar-refractivity contribution in [3.05, 3.63) is 108 Å². The third-order valence-corrected chi connectivity index (χ3v) is 8.62. The minimum absolute atomic E-state index is 0.00138. The number of imidazole rings is 1. The number of nitrogens with zero attached hydrogens (tertiary/aromatic N) is 2. The first kappa shape index (κ1) is 29.1. The smallest absolute Gasteiger partial charge is 0.328 e. The van der Waals surface area contributed by atoms with Gasteiger partial charge in [0.2, 0.25) is 0 Å². The van der Waals surface area contributed by atoms with E-state index in [1.165, 1.54) is 6.07 Å². The average molecular weight is 577 g/mol. The molecule has 0 aliphatic carbocycles. The molecule has 2 amide bonds. The Kier molecular flexibility index (Phi) is 9.44. The quantitative estimate of drug-likeness (QED) is 0.230. The molecule has 208 valence electrons. The summed E-state index contributed by atoms with van der Waals surface area (Å²) in [4.78, 5) is 29.4. The van der Waals surface area contributed by atoms with Crippen LogP contribution in [0.2, 0.25) is 0 Å². The first-order valence-electron chi connectivity index (χ1n) is 12.8. The van der Waals surface area contributed by atoms with E-state index in [4.69, 9.17) is 0 Å². The first-order chi connectivity index (χ1) is 19.2. The van der Waals surface area contributed by atoms with E-state index in [-0.39, 0.29) is 23.1 Å². The van der Waals surface area contributed by atoms with Crippen LogP contribution in [0.25, 0.3) is 11.1 Å². The van der Waals surface area contributed by atoms with E-state index < -0.39 is 16.1 Å². The summed E-state index contributed by atoms with van der Waals surface area (Å²) in [5, 5.41) is 2.58. The molecule has 0 spiro atoms. The van der Waals surface area contributed by atoms with Crippen molar-refractivity contribution in [1.82, 2.24) is 19.6 Å². The van der Waals surface area contributed by atoms with Crippen LogP contribution in [0.4, 0.5) is 4.79 Å². The molecule has 10 heteroatoms. The van der Waals surface area contributed by atoms with Gasteiger partial charge in [0, 0.05) is 37.2 Å². The molecular weight excluding hydrogens is 544 g/mol. The van der Waals surface area contributed by atoms with E-state index in [9.17, 15) is 18.0 Å². The molecule has 3 aromatic carbocycles. The molecule has 1 aromatic heterocycles. The maximum absolute atomic E-state index is 13.1. The summed E-state index contributed by atoms with van der Waals surface area (Å²) < 4.78 is 30.3. The SMILES string of the molecule is CSCC(C)c1ncn(Cc2ccc(-c3ccccc3S(=O)(=O)NC(=O)NCc3ccccc3)cc2)c1C(C)=O. The van der Waals surface area contributed by atoms with Crippen molar-refractivity contribution >= 4 is 33.6 Å². The van der Waals surface area contributed by atoms with Crippen molar-refractivity contribution in [2.75, 3.05) is 12.0 Å². The number of aromatic nitrogens is 2. The largest absolute Gasteiger partial charge is 0.333 e. The molecule has 0 saturated carbocycles. The summed E-state index contributed by atoms with van der Waals surface area (Å²) in [5.74, 6) is 0.999. The Bertz CT molecular complexity index is 1580. The van der Waals surface area contributed by atoms with Crippen LogP contribution in [0.1, 0.15) is 47.1 Å². The molecule has 1 heterocycles. The molecule has 4 aromatic rings. The van der Waals surface area contributed by atoms with Crippen molar-refractivity contribution in [2.24, 2.45) is 0 Å². The molecule has 40 heavy (non-hydrogen) atoms. The zero-order valence-electron chi connectivity index (χ0n) is 22.6. The number of ketones is 1. The number of hydrogen-bond donors (Lipinski definition) is 2. The molecular formula is C30H32N4O4S2. The van der Waals surface area contributed by atoms with Crippen LogP contribution in [0, 0.1) is 0 Å². The normalized spacial score (nSPS) is 12.1. The maximum Gasteiger partial charge on any atom is 0.328 e. The lowest BCUT2D eigenvalue weighted by Crippen LogP contribution is -2.39. The molecule has 0 aliphatic heterocycles. The van der Waals surface area contributed by atoms with Crippen molar-refractivity contribution < 1.29 is 18.0 Å². The van der Waals surface area contributed by atoms with Crippen LogP contribution in [-0.4, -0.2) is 41.8 Å². The summed E-state index contributed by atoms with van der Waals surface area (Å²) in [6, 6.07) is 22.4. The lowest BCUT2D eigenvalue weighted by molar-refractivity contribution is 0.100. The van der Waals surface area contributed by atoms with Crippen LogP contribution in [0.5, 0.6) is 0 Å². The summed E-state index contributed by atoms with van der Waals surface area (Å²) in [6.45, 7) is 4.28. The zero-order chi connectivity index (χ0) is 28.7. The van der Waals surface area contributed by atoms with Gasteiger partial charge in [0.05, 0.1) is 16.9 Å². The highest BCUT2D eigenvalue weighted by molar-refractivity contribution is 7.98. The Balaban J connectivity index is 1.51. The molecule has 1 unspecified atom stereocenters. The van der Waals surface area contributed by atoms with E-state index in [2.05, 4.69) is 21.9 Å². The van der Waals surface area contributed by atoms with E-state index in [1.807, 2.05) is 65.4 Å². The number of thioether (sulfide) groups is 1. The van der Waals surface area contributed by atoms with Gasteiger partial charge in [-0.25, -0.2) is 22.9 Å². The number of urea groups is 1. The summed E-state index contributed by atoms with van der Waals surface area (Å²) in [5.41, 5.74) is 4.36. The minimum Gasteiger partial charge on any atom is -0.333 e. The zero-order valence-corrected chi connectivity index (χ0v) is 24.3. The molecule has 0 radical (unpaired) electrons. The third kappa shape index (κ3) is 7.00. The Morgan fingerprint density at radius 3 is 2.30 bits per heavy atom. The fraction of sp³-hybridized carbons (Fsp3) is 0.233. The van der Waals surface area contributed by atoms with Crippen LogP contribution >= 0.6 is 11.8 Å². The van der Waals surface area contributed by atoms with Crippen molar-refractivity contribution in [3.63, 3.8) is 0 Å². The molecule has 0 bridgehead atoms. The summed E-state index contributed by atoms with van der Waals surface area (Å²) in [6.07, 6.45) is 3.73. The number of carbonyl (C=O) groups excluding carboxylic acids is 2. The number of benzene rings is 3. The van der Waals surface area contributed by atoms with Gasteiger partial charge < -0.3 is 9.88 Å². The predicted octanol–water partition coefficient (Wildman–Crippen LogP) is 5.46. The number of amides is 2. The fourth-order valence-electron chi connectivity index (χ4n) is 4.51. The number of nitrogens with one attached hydrogen (secondary N) is 2. The van der Waals surface area contributed by atoms with Crippen molar-refractivity contribution in [2.45, 2.75) is 37.8 Å².